The van der Waals surface area contributed by atoms with E-state index in [1.807, 2.05) is 0 Å². The summed E-state index contributed by atoms with van der Waals surface area (Å²) in [5.41, 5.74) is 0.842. The Hall–Kier alpha value is -2.41. The highest BCUT2D eigenvalue weighted by Gasteiger charge is 2.27. The number of ether oxygens (including phenoxy) is 2. The van der Waals surface area contributed by atoms with E-state index in [9.17, 15) is 14.4 Å². The molecule has 0 bridgehead atoms. The van der Waals surface area contributed by atoms with E-state index in [4.69, 9.17) is 9.47 Å². The lowest BCUT2D eigenvalue weighted by atomic mass is 10.1. The number of hydrogen-bond donors (Lipinski definition) is 1. The highest BCUT2D eigenvalue weighted by molar-refractivity contribution is 6.02. The van der Waals surface area contributed by atoms with Crippen LogP contribution in [0.2, 0.25) is 0 Å². The molecule has 1 aliphatic rings. The second-order valence-corrected chi connectivity index (χ2v) is 4.46. The van der Waals surface area contributed by atoms with Crippen LogP contribution in [0, 0.1) is 0 Å². The van der Waals surface area contributed by atoms with Crippen molar-refractivity contribution < 1.29 is 23.9 Å². The van der Waals surface area contributed by atoms with E-state index in [-0.39, 0.29) is 25.0 Å². The Morgan fingerprint density at radius 2 is 2.33 bits per heavy atom. The molecule has 1 heterocycles. The van der Waals surface area contributed by atoms with E-state index in [1.54, 1.807) is 12.1 Å². The van der Waals surface area contributed by atoms with Crippen LogP contribution in [0.1, 0.15) is 10.4 Å². The van der Waals surface area contributed by atoms with Gasteiger partial charge in [0, 0.05) is 19.2 Å². The third-order valence-corrected chi connectivity index (χ3v) is 2.99. The molecule has 7 heteroatoms. The van der Waals surface area contributed by atoms with E-state index in [2.05, 4.69) is 5.32 Å². The summed E-state index contributed by atoms with van der Waals surface area (Å²) < 4.78 is 10.1. The molecule has 2 rings (SSSR count). The number of amides is 2. The number of carbonyl (C=O) groups excluding carboxylic acids is 3. The van der Waals surface area contributed by atoms with Gasteiger partial charge in [0.2, 0.25) is 5.91 Å². The number of hydrogen-bond acceptors (Lipinski definition) is 5. The maximum absolute atomic E-state index is 11.9. The zero-order valence-electron chi connectivity index (χ0n) is 11.6. The SMILES string of the molecule is COCCNC(=O)CN1C(=O)COc2ccc(C=O)cc21. The van der Waals surface area contributed by atoms with Gasteiger partial charge in [0.15, 0.2) is 6.61 Å². The Labute approximate surface area is 121 Å². The molecule has 1 aromatic carbocycles. The Balaban J connectivity index is 2.14. The van der Waals surface area contributed by atoms with Crippen LogP contribution in [-0.2, 0) is 14.3 Å². The number of rotatable bonds is 6. The summed E-state index contributed by atoms with van der Waals surface area (Å²) in [5.74, 6) is -0.151. The quantitative estimate of drug-likeness (QED) is 0.588. The van der Waals surface area contributed by atoms with E-state index < -0.39 is 0 Å². The van der Waals surface area contributed by atoms with Crippen molar-refractivity contribution in [2.75, 3.05) is 38.3 Å². The van der Waals surface area contributed by atoms with E-state index in [1.165, 1.54) is 18.1 Å². The van der Waals surface area contributed by atoms with Crippen molar-refractivity contribution >= 4 is 23.8 Å². The van der Waals surface area contributed by atoms with Gasteiger partial charge >= 0.3 is 0 Å². The summed E-state index contributed by atoms with van der Waals surface area (Å²) in [4.78, 5) is 35.9. The number of anilines is 1. The fraction of sp³-hybridized carbons (Fsp3) is 0.357. The third-order valence-electron chi connectivity index (χ3n) is 2.99. The van der Waals surface area contributed by atoms with Gasteiger partial charge in [0.25, 0.3) is 5.91 Å². The lowest BCUT2D eigenvalue weighted by molar-refractivity contribution is -0.125. The molecule has 0 saturated heterocycles. The van der Waals surface area contributed by atoms with Gasteiger partial charge in [0.05, 0.1) is 12.3 Å². The van der Waals surface area contributed by atoms with Crippen molar-refractivity contribution in [3.63, 3.8) is 0 Å². The van der Waals surface area contributed by atoms with E-state index >= 15 is 0 Å². The topological polar surface area (TPSA) is 84.9 Å². The average molecular weight is 292 g/mol. The summed E-state index contributed by atoms with van der Waals surface area (Å²) in [7, 11) is 1.54. The van der Waals surface area contributed by atoms with Crippen molar-refractivity contribution in [2.24, 2.45) is 0 Å². The van der Waals surface area contributed by atoms with Crippen LogP contribution in [0.5, 0.6) is 5.75 Å². The summed E-state index contributed by atoms with van der Waals surface area (Å²) in [6, 6.07) is 4.74. The molecule has 0 radical (unpaired) electrons. The molecule has 1 aliphatic heterocycles. The van der Waals surface area contributed by atoms with Crippen LogP contribution in [0.3, 0.4) is 0 Å². The highest BCUT2D eigenvalue weighted by atomic mass is 16.5. The Bertz CT molecular complexity index is 558. The van der Waals surface area contributed by atoms with Crippen LogP contribution in [0.4, 0.5) is 5.69 Å². The molecule has 112 valence electrons. The Morgan fingerprint density at radius 1 is 1.52 bits per heavy atom. The highest BCUT2D eigenvalue weighted by Crippen LogP contribution is 2.32. The third kappa shape index (κ3) is 3.57. The number of aldehydes is 1. The fourth-order valence-electron chi connectivity index (χ4n) is 1.96. The molecule has 0 atom stereocenters. The number of nitrogens with one attached hydrogen (secondary N) is 1. The van der Waals surface area contributed by atoms with Gasteiger partial charge in [-0.25, -0.2) is 0 Å². The first-order chi connectivity index (χ1) is 10.2. The Kier molecular flexibility index (Phi) is 4.89. The van der Waals surface area contributed by atoms with Crippen molar-refractivity contribution in [3.05, 3.63) is 23.8 Å². The molecule has 0 saturated carbocycles. The summed E-state index contributed by atoms with van der Waals surface area (Å²) in [6.07, 6.45) is 0.677. The van der Waals surface area contributed by atoms with Crippen LogP contribution in [0.25, 0.3) is 0 Å². The molecule has 1 N–H and O–H groups in total. The number of fused-ring (bicyclic) bond motifs is 1. The summed E-state index contributed by atoms with van der Waals surface area (Å²) in [5, 5.41) is 2.64. The number of benzene rings is 1. The first-order valence-corrected chi connectivity index (χ1v) is 6.43. The van der Waals surface area contributed by atoms with Crippen molar-refractivity contribution in [1.82, 2.24) is 5.32 Å². The molecule has 0 fully saturated rings. The summed E-state index contributed by atoms with van der Waals surface area (Å²) in [6.45, 7) is 0.518. The molecule has 2 amide bonds. The maximum atomic E-state index is 11.9. The van der Waals surface area contributed by atoms with Crippen LogP contribution < -0.4 is 15.0 Å². The second-order valence-electron chi connectivity index (χ2n) is 4.46. The van der Waals surface area contributed by atoms with Crippen LogP contribution in [0.15, 0.2) is 18.2 Å². The number of nitrogens with zero attached hydrogens (tertiary/aromatic N) is 1. The van der Waals surface area contributed by atoms with E-state index in [0.29, 0.717) is 36.4 Å². The van der Waals surface area contributed by atoms with Gasteiger partial charge < -0.3 is 14.8 Å². The summed E-state index contributed by atoms with van der Waals surface area (Å²) >= 11 is 0. The largest absolute Gasteiger partial charge is 0.482 e. The molecule has 1 aromatic rings. The minimum atomic E-state index is -0.326. The second kappa shape index (κ2) is 6.85. The monoisotopic (exact) mass is 292 g/mol. The van der Waals surface area contributed by atoms with E-state index in [0.717, 1.165) is 0 Å². The van der Waals surface area contributed by atoms with Gasteiger partial charge in [-0.1, -0.05) is 0 Å². The lowest BCUT2D eigenvalue weighted by Gasteiger charge is -2.29. The number of carbonyl (C=O) groups is 3. The van der Waals surface area contributed by atoms with Gasteiger partial charge in [0.1, 0.15) is 18.6 Å². The van der Waals surface area contributed by atoms with Crippen molar-refractivity contribution in [3.8, 4) is 5.75 Å². The predicted octanol–water partition coefficient (Wildman–Crippen LogP) is -0.0129. The molecule has 0 aliphatic carbocycles. The standard InChI is InChI=1S/C14H16N2O5/c1-20-5-4-15-13(18)7-16-11-6-10(8-17)2-3-12(11)21-9-14(16)19/h2-3,6,8H,4-5,7,9H2,1H3,(H,15,18). The van der Waals surface area contributed by atoms with Gasteiger partial charge in [-0.2, -0.15) is 0 Å². The lowest BCUT2D eigenvalue weighted by Crippen LogP contribution is -2.45. The van der Waals surface area contributed by atoms with Crippen LogP contribution in [-0.4, -0.2) is 51.5 Å². The van der Waals surface area contributed by atoms with Gasteiger partial charge in [-0.05, 0) is 18.2 Å². The molecule has 0 aromatic heterocycles. The minimum absolute atomic E-state index is 0.124. The maximum Gasteiger partial charge on any atom is 0.265 e. The molecule has 7 nitrogen and oxygen atoms in total. The van der Waals surface area contributed by atoms with Crippen LogP contribution >= 0.6 is 0 Å². The first-order valence-electron chi connectivity index (χ1n) is 6.43. The molecule has 0 unspecified atom stereocenters. The molecule has 21 heavy (non-hydrogen) atoms. The fourth-order valence-corrected chi connectivity index (χ4v) is 1.96. The molecule has 0 spiro atoms. The van der Waals surface area contributed by atoms with Crippen molar-refractivity contribution in [1.29, 1.82) is 0 Å². The molecular formula is C14H16N2O5. The Morgan fingerprint density at radius 3 is 3.05 bits per heavy atom. The van der Waals surface area contributed by atoms with Crippen molar-refractivity contribution in [2.45, 2.75) is 0 Å². The number of methoxy groups -OCH3 is 1. The smallest absolute Gasteiger partial charge is 0.265 e. The van der Waals surface area contributed by atoms with Gasteiger partial charge in [-0.3, -0.25) is 19.3 Å². The average Bonchev–Trinajstić information content (AvgIpc) is 2.50. The minimum Gasteiger partial charge on any atom is -0.482 e. The zero-order chi connectivity index (χ0) is 15.2. The molecular weight excluding hydrogens is 276 g/mol. The zero-order valence-corrected chi connectivity index (χ0v) is 11.6. The van der Waals surface area contributed by atoms with Gasteiger partial charge in [-0.15, -0.1) is 0 Å². The predicted molar refractivity (Wildman–Crippen MR) is 74.6 cm³/mol. The normalized spacial score (nSPS) is 13.4. The first kappa shape index (κ1) is 15.0.